The van der Waals surface area contributed by atoms with Crippen LogP contribution in [0.3, 0.4) is 0 Å². The number of esters is 3. The van der Waals surface area contributed by atoms with Gasteiger partial charge in [0.15, 0.2) is 6.10 Å². The summed E-state index contributed by atoms with van der Waals surface area (Å²) < 4.78 is 60.8. The van der Waals surface area contributed by atoms with E-state index in [1.54, 1.807) is 0 Å². The van der Waals surface area contributed by atoms with Crippen LogP contribution in [0.2, 0.25) is 0 Å². The second-order valence-corrected chi connectivity index (χ2v) is 25.9. The molecule has 5 atom stereocenters. The number of rotatable bonds is 65. The molecule has 0 aromatic rings. The van der Waals surface area contributed by atoms with Crippen molar-refractivity contribution in [1.82, 2.24) is 0 Å². The molecule has 0 aliphatic rings. The van der Waals surface area contributed by atoms with Crippen molar-refractivity contribution in [3.05, 3.63) is 72.9 Å². The van der Waals surface area contributed by atoms with Crippen molar-refractivity contribution in [2.24, 2.45) is 0 Å². The fraction of sp³-hybridized carbons (Fsp3) is 0.783. The van der Waals surface area contributed by atoms with Gasteiger partial charge in [0.1, 0.15) is 25.4 Å². The molecular formula is C69H124O16P2. The second kappa shape index (κ2) is 63.2. The Morgan fingerprint density at radius 3 is 0.931 bits per heavy atom. The molecule has 0 fully saturated rings. The lowest BCUT2D eigenvalue weighted by Gasteiger charge is -2.21. The van der Waals surface area contributed by atoms with Crippen LogP contribution >= 0.6 is 15.6 Å². The quantitative estimate of drug-likeness (QED) is 0.0146. The summed E-state index contributed by atoms with van der Waals surface area (Å²) in [5.41, 5.74) is 0. The Hall–Kier alpha value is -3.01. The summed E-state index contributed by atoms with van der Waals surface area (Å²) in [6, 6.07) is 0. The van der Waals surface area contributed by atoms with Crippen LogP contribution in [0.15, 0.2) is 72.9 Å². The van der Waals surface area contributed by atoms with Gasteiger partial charge in [0.05, 0.1) is 26.4 Å². The predicted molar refractivity (Wildman–Crippen MR) is 353 cm³/mol. The lowest BCUT2D eigenvalue weighted by atomic mass is 10.0. The van der Waals surface area contributed by atoms with Crippen molar-refractivity contribution in [1.29, 1.82) is 0 Å². The molecule has 5 unspecified atom stereocenters. The number of carbonyl (C=O) groups excluding carboxylic acids is 3. The Kier molecular flexibility index (Phi) is 61.0. The van der Waals surface area contributed by atoms with Gasteiger partial charge in [-0.2, -0.15) is 0 Å². The van der Waals surface area contributed by atoms with Crippen LogP contribution in [-0.4, -0.2) is 95.9 Å². The molecule has 0 spiro atoms. The van der Waals surface area contributed by atoms with Crippen molar-refractivity contribution in [3.63, 3.8) is 0 Å². The zero-order valence-corrected chi connectivity index (χ0v) is 56.5. The Morgan fingerprint density at radius 1 is 0.322 bits per heavy atom. The number of phosphoric acid groups is 2. The zero-order valence-electron chi connectivity index (χ0n) is 54.7. The molecule has 0 bridgehead atoms. The van der Waals surface area contributed by atoms with Gasteiger partial charge >= 0.3 is 33.6 Å². The Labute approximate surface area is 528 Å². The van der Waals surface area contributed by atoms with Crippen molar-refractivity contribution in [2.45, 2.75) is 309 Å². The number of hydrogen-bond acceptors (Lipinski definition) is 14. The first-order valence-corrected chi connectivity index (χ1v) is 37.2. The molecule has 16 nitrogen and oxygen atoms in total. The summed E-state index contributed by atoms with van der Waals surface area (Å²) in [5, 5.41) is 20.5. The van der Waals surface area contributed by atoms with Crippen LogP contribution in [0, 0.1) is 0 Å². The van der Waals surface area contributed by atoms with Crippen molar-refractivity contribution in [3.8, 4) is 0 Å². The van der Waals surface area contributed by atoms with Gasteiger partial charge in [0, 0.05) is 19.3 Å². The number of carbonyl (C=O) groups is 3. The average molecular weight is 1270 g/mol. The van der Waals surface area contributed by atoms with Crippen molar-refractivity contribution < 1.29 is 75.8 Å². The Morgan fingerprint density at radius 2 is 0.575 bits per heavy atom. The Balaban J connectivity index is 4.57. The number of allylic oxidation sites excluding steroid dienone is 12. The normalized spacial score (nSPS) is 14.7. The molecule has 506 valence electrons. The number of hydrogen-bond donors (Lipinski definition) is 4. The molecule has 0 aliphatic heterocycles. The smallest absolute Gasteiger partial charge is 0.463 e. The highest BCUT2D eigenvalue weighted by molar-refractivity contribution is 7.47. The molecule has 0 saturated carbocycles. The lowest BCUT2D eigenvalue weighted by molar-refractivity contribution is -0.161. The SMILES string of the molecule is CCCCC/C=C\C/C=C\C/C=C\C/C=C\CCCCCCCCCC(=O)OCC(O)COP(=O)(O)OCC(O)COP(=O)(O)OCC(COC(=O)CCCCCCC/C=C\C/C=C\CCCCC)OC(=O)CCCCCCCCCCCCCCC. The molecule has 0 amide bonds. The highest BCUT2D eigenvalue weighted by Crippen LogP contribution is 2.45. The van der Waals surface area contributed by atoms with Crippen LogP contribution < -0.4 is 0 Å². The van der Waals surface area contributed by atoms with Crippen LogP contribution in [-0.2, 0) is 55.8 Å². The average Bonchev–Trinajstić information content (AvgIpc) is 3.63. The lowest BCUT2D eigenvalue weighted by Crippen LogP contribution is -2.30. The Bertz CT molecular complexity index is 1880. The maximum absolute atomic E-state index is 12.9. The van der Waals surface area contributed by atoms with E-state index in [0.717, 1.165) is 135 Å². The summed E-state index contributed by atoms with van der Waals surface area (Å²) in [5.74, 6) is -1.59. The van der Waals surface area contributed by atoms with E-state index in [1.165, 1.54) is 96.3 Å². The molecule has 0 rings (SSSR count). The first kappa shape index (κ1) is 84.0. The van der Waals surface area contributed by atoms with E-state index in [9.17, 15) is 43.5 Å². The number of aliphatic hydroxyl groups is 2. The topological polar surface area (TPSA) is 231 Å². The summed E-state index contributed by atoms with van der Waals surface area (Å²) in [6.45, 7) is 2.60. The minimum Gasteiger partial charge on any atom is -0.463 e. The minimum atomic E-state index is -4.92. The summed E-state index contributed by atoms with van der Waals surface area (Å²) >= 11 is 0. The first-order chi connectivity index (χ1) is 42.2. The van der Waals surface area contributed by atoms with Gasteiger partial charge in [-0.25, -0.2) is 9.13 Å². The molecule has 0 heterocycles. The summed E-state index contributed by atoms with van der Waals surface area (Å²) in [6.07, 6.45) is 65.2. The largest absolute Gasteiger partial charge is 0.472 e. The highest BCUT2D eigenvalue weighted by Gasteiger charge is 2.29. The molecule has 0 aromatic heterocycles. The molecule has 0 saturated heterocycles. The number of unbranched alkanes of at least 4 members (excludes halogenated alkanes) is 30. The van der Waals surface area contributed by atoms with E-state index < -0.39 is 91.5 Å². The third-order valence-electron chi connectivity index (χ3n) is 14.4. The van der Waals surface area contributed by atoms with Gasteiger partial charge in [-0.05, 0) is 96.3 Å². The van der Waals surface area contributed by atoms with E-state index in [1.807, 2.05) is 0 Å². The number of phosphoric ester groups is 2. The van der Waals surface area contributed by atoms with E-state index in [0.29, 0.717) is 19.3 Å². The summed E-state index contributed by atoms with van der Waals surface area (Å²) in [4.78, 5) is 58.3. The van der Waals surface area contributed by atoms with E-state index >= 15 is 0 Å². The van der Waals surface area contributed by atoms with E-state index in [-0.39, 0.29) is 19.3 Å². The molecule has 0 radical (unpaired) electrons. The maximum Gasteiger partial charge on any atom is 0.472 e. The maximum atomic E-state index is 12.9. The number of aliphatic hydroxyl groups excluding tert-OH is 2. The van der Waals surface area contributed by atoms with E-state index in [4.69, 9.17) is 32.3 Å². The van der Waals surface area contributed by atoms with Gasteiger partial charge in [0.2, 0.25) is 0 Å². The van der Waals surface area contributed by atoms with Gasteiger partial charge in [0.25, 0.3) is 0 Å². The van der Waals surface area contributed by atoms with Gasteiger partial charge in [-0.3, -0.25) is 32.5 Å². The second-order valence-electron chi connectivity index (χ2n) is 23.0. The van der Waals surface area contributed by atoms with Gasteiger partial charge in [-0.15, -0.1) is 0 Å². The van der Waals surface area contributed by atoms with Gasteiger partial charge < -0.3 is 34.2 Å². The zero-order chi connectivity index (χ0) is 63.8. The minimum absolute atomic E-state index is 0.106. The van der Waals surface area contributed by atoms with Crippen LogP contribution in [0.25, 0.3) is 0 Å². The molecule has 0 aromatic carbocycles. The van der Waals surface area contributed by atoms with Crippen molar-refractivity contribution >= 4 is 33.6 Å². The summed E-state index contributed by atoms with van der Waals surface area (Å²) in [7, 11) is -9.77. The highest BCUT2D eigenvalue weighted by atomic mass is 31.2. The monoisotopic (exact) mass is 1270 g/mol. The third-order valence-corrected chi connectivity index (χ3v) is 16.3. The first-order valence-electron chi connectivity index (χ1n) is 34.2. The fourth-order valence-corrected chi connectivity index (χ4v) is 10.7. The van der Waals surface area contributed by atoms with Crippen LogP contribution in [0.5, 0.6) is 0 Å². The molecule has 18 heteroatoms. The molecule has 0 aliphatic carbocycles. The van der Waals surface area contributed by atoms with Gasteiger partial charge in [-0.1, -0.05) is 248 Å². The molecule has 87 heavy (non-hydrogen) atoms. The predicted octanol–water partition coefficient (Wildman–Crippen LogP) is 18.8. The van der Waals surface area contributed by atoms with Crippen molar-refractivity contribution in [2.75, 3.05) is 39.6 Å². The fourth-order valence-electron chi connectivity index (χ4n) is 9.11. The van der Waals surface area contributed by atoms with E-state index in [2.05, 4.69) is 93.7 Å². The van der Waals surface area contributed by atoms with Crippen LogP contribution in [0.4, 0.5) is 0 Å². The van der Waals surface area contributed by atoms with Crippen LogP contribution in [0.1, 0.15) is 290 Å². The molecule has 4 N–H and O–H groups in total. The third kappa shape index (κ3) is 64.3. The molecular weight excluding hydrogens is 1150 g/mol. The number of ether oxygens (including phenoxy) is 3. The standard InChI is InChI=1S/C69H124O16P2/c1-4-7-10-13-16-19-22-25-27-28-29-30-31-32-33-34-36-39-40-43-46-49-52-55-67(72)79-58-64(70)59-81-86(75,76)82-60-65(71)61-83-87(77,78)84-63-66(85-69(74)57-54-51-48-45-42-37-24-21-18-15-12-9-6-3)62-80-68(73)56-53-50-47-44-41-38-35-26-23-20-17-14-11-8-5-2/h16-17,19-20,25-27,29-30,32-33,35,64-66,70-71H,4-15,18,21-24,28,31,34,36-63H2,1-3H3,(H,75,76)(H,77,78)/b19-16-,20-17-,27-25-,30-29-,33-32-,35-26-.